The summed E-state index contributed by atoms with van der Waals surface area (Å²) in [7, 11) is 0. The Morgan fingerprint density at radius 2 is 2.27 bits per heavy atom. The summed E-state index contributed by atoms with van der Waals surface area (Å²) in [5, 5.41) is 10.7. The smallest absolute Gasteiger partial charge is 0.315 e. The van der Waals surface area contributed by atoms with Gasteiger partial charge in [0.05, 0.1) is 6.04 Å². The van der Waals surface area contributed by atoms with Gasteiger partial charge in [0.1, 0.15) is 0 Å². The molecule has 3 N–H and O–H groups in total. The maximum absolute atomic E-state index is 5.59. The molecular formula is C9H18N4OS. The molecule has 6 heteroatoms. The number of nitrogens with two attached hydrogens (primary N) is 1. The van der Waals surface area contributed by atoms with Gasteiger partial charge in [-0.25, -0.2) is 0 Å². The molecule has 5 nitrogen and oxygen atoms in total. The first-order valence-electron chi connectivity index (χ1n) is 5.06. The monoisotopic (exact) mass is 230 g/mol. The number of hydrogen-bond acceptors (Lipinski definition) is 6. The van der Waals surface area contributed by atoms with E-state index >= 15 is 0 Å². The van der Waals surface area contributed by atoms with Gasteiger partial charge < -0.3 is 15.5 Å². The molecule has 0 bridgehead atoms. The molecule has 15 heavy (non-hydrogen) atoms. The lowest BCUT2D eigenvalue weighted by atomic mass is 10.3. The number of thioether (sulfide) groups is 1. The SMILES string of the molecule is CSCCCCNc1nnc(C(C)N)o1. The van der Waals surface area contributed by atoms with E-state index in [0.717, 1.165) is 13.0 Å². The van der Waals surface area contributed by atoms with Crippen molar-refractivity contribution in [1.29, 1.82) is 0 Å². The van der Waals surface area contributed by atoms with Crippen molar-refractivity contribution in [3.63, 3.8) is 0 Å². The van der Waals surface area contributed by atoms with Gasteiger partial charge in [-0.2, -0.15) is 11.8 Å². The number of nitrogens with one attached hydrogen (secondary N) is 1. The minimum absolute atomic E-state index is 0.204. The molecule has 0 saturated carbocycles. The fourth-order valence-corrected chi connectivity index (χ4v) is 1.55. The van der Waals surface area contributed by atoms with E-state index in [1.807, 2.05) is 18.7 Å². The molecule has 0 spiro atoms. The third-order valence-corrected chi connectivity index (χ3v) is 2.58. The molecule has 0 aliphatic rings. The van der Waals surface area contributed by atoms with Crippen LogP contribution in [0, 0.1) is 0 Å². The van der Waals surface area contributed by atoms with Crippen LogP contribution in [0.5, 0.6) is 0 Å². The number of aromatic nitrogens is 2. The van der Waals surface area contributed by atoms with Crippen LogP contribution in [0.3, 0.4) is 0 Å². The van der Waals surface area contributed by atoms with Crippen molar-refractivity contribution in [3.05, 3.63) is 5.89 Å². The molecule has 1 atom stereocenters. The third kappa shape index (κ3) is 4.53. The van der Waals surface area contributed by atoms with Crippen molar-refractivity contribution in [3.8, 4) is 0 Å². The highest BCUT2D eigenvalue weighted by atomic mass is 32.2. The second-order valence-corrected chi connectivity index (χ2v) is 4.35. The van der Waals surface area contributed by atoms with E-state index in [-0.39, 0.29) is 6.04 Å². The Morgan fingerprint density at radius 1 is 1.47 bits per heavy atom. The Hall–Kier alpha value is -0.750. The number of rotatable bonds is 7. The van der Waals surface area contributed by atoms with Crippen LogP contribution in [0.4, 0.5) is 6.01 Å². The summed E-state index contributed by atoms with van der Waals surface area (Å²) in [6.07, 6.45) is 4.42. The summed E-state index contributed by atoms with van der Waals surface area (Å²) in [6, 6.07) is 0.260. The average molecular weight is 230 g/mol. The van der Waals surface area contributed by atoms with Crippen molar-refractivity contribution in [2.75, 3.05) is 23.9 Å². The zero-order valence-electron chi connectivity index (χ0n) is 9.19. The predicted octanol–water partition coefficient (Wildman–Crippen LogP) is 1.64. The van der Waals surface area contributed by atoms with E-state index in [1.165, 1.54) is 12.2 Å². The van der Waals surface area contributed by atoms with Gasteiger partial charge in [-0.15, -0.1) is 5.10 Å². The zero-order valence-corrected chi connectivity index (χ0v) is 10.0. The minimum Gasteiger partial charge on any atom is -0.406 e. The highest BCUT2D eigenvalue weighted by Gasteiger charge is 2.08. The normalized spacial score (nSPS) is 12.7. The van der Waals surface area contributed by atoms with Crippen molar-refractivity contribution in [2.45, 2.75) is 25.8 Å². The van der Waals surface area contributed by atoms with Crippen molar-refractivity contribution >= 4 is 17.8 Å². The Kier molecular flexibility index (Phi) is 5.49. The summed E-state index contributed by atoms with van der Waals surface area (Å²) in [5.74, 6) is 1.66. The lowest BCUT2D eigenvalue weighted by Crippen LogP contribution is -2.04. The highest BCUT2D eigenvalue weighted by Crippen LogP contribution is 2.11. The molecule has 86 valence electrons. The molecule has 1 aromatic heterocycles. The standard InChI is InChI=1S/C9H18N4OS/c1-7(10)8-12-13-9(14-8)11-5-3-4-6-15-2/h7H,3-6,10H2,1-2H3,(H,11,13). The summed E-state index contributed by atoms with van der Waals surface area (Å²) < 4.78 is 5.29. The largest absolute Gasteiger partial charge is 0.406 e. The molecule has 1 unspecified atom stereocenters. The van der Waals surface area contributed by atoms with E-state index in [2.05, 4.69) is 21.8 Å². The van der Waals surface area contributed by atoms with Crippen LogP contribution in [0.15, 0.2) is 4.42 Å². The molecule has 0 aliphatic heterocycles. The van der Waals surface area contributed by atoms with Crippen LogP contribution in [-0.2, 0) is 0 Å². The topological polar surface area (TPSA) is 77.0 Å². The summed E-state index contributed by atoms with van der Waals surface area (Å²) in [4.78, 5) is 0. The molecule has 0 aromatic carbocycles. The van der Waals surface area contributed by atoms with Gasteiger partial charge in [-0.3, -0.25) is 0 Å². The lowest BCUT2D eigenvalue weighted by molar-refractivity contribution is 0.472. The van der Waals surface area contributed by atoms with Gasteiger partial charge in [0, 0.05) is 6.54 Å². The average Bonchev–Trinajstić information content (AvgIpc) is 2.66. The first kappa shape index (κ1) is 12.3. The molecule has 0 radical (unpaired) electrons. The van der Waals surface area contributed by atoms with Gasteiger partial charge in [-0.1, -0.05) is 5.10 Å². The number of nitrogens with zero attached hydrogens (tertiary/aromatic N) is 2. The van der Waals surface area contributed by atoms with Crippen molar-refractivity contribution in [2.24, 2.45) is 5.73 Å². The van der Waals surface area contributed by atoms with Gasteiger partial charge in [0.15, 0.2) is 0 Å². The first-order chi connectivity index (χ1) is 7.24. The van der Waals surface area contributed by atoms with Gasteiger partial charge >= 0.3 is 6.01 Å². The van der Waals surface area contributed by atoms with Gasteiger partial charge in [0.25, 0.3) is 0 Å². The highest BCUT2D eigenvalue weighted by molar-refractivity contribution is 7.98. The minimum atomic E-state index is -0.204. The van der Waals surface area contributed by atoms with Gasteiger partial charge in [-0.05, 0) is 31.8 Å². The molecule has 0 fully saturated rings. The van der Waals surface area contributed by atoms with E-state index in [9.17, 15) is 0 Å². The van der Waals surface area contributed by atoms with Crippen molar-refractivity contribution in [1.82, 2.24) is 10.2 Å². The fourth-order valence-electron chi connectivity index (χ4n) is 1.06. The molecular weight excluding hydrogens is 212 g/mol. The molecule has 0 saturated heterocycles. The van der Waals surface area contributed by atoms with Crippen LogP contribution in [0.1, 0.15) is 31.7 Å². The number of anilines is 1. The molecule has 0 aliphatic carbocycles. The van der Waals surface area contributed by atoms with Crippen LogP contribution in [0.2, 0.25) is 0 Å². The Balaban J connectivity index is 2.20. The fraction of sp³-hybridized carbons (Fsp3) is 0.778. The van der Waals surface area contributed by atoms with E-state index in [0.29, 0.717) is 11.9 Å². The first-order valence-corrected chi connectivity index (χ1v) is 6.45. The summed E-state index contributed by atoms with van der Waals surface area (Å²) in [6.45, 7) is 2.68. The van der Waals surface area contributed by atoms with Gasteiger partial charge in [0.2, 0.25) is 5.89 Å². The molecule has 1 aromatic rings. The Labute approximate surface area is 94.2 Å². The van der Waals surface area contributed by atoms with E-state index in [4.69, 9.17) is 10.2 Å². The summed E-state index contributed by atoms with van der Waals surface area (Å²) in [5.41, 5.74) is 5.59. The second kappa shape index (κ2) is 6.68. The van der Waals surface area contributed by atoms with Crippen LogP contribution in [0.25, 0.3) is 0 Å². The third-order valence-electron chi connectivity index (χ3n) is 1.88. The summed E-state index contributed by atoms with van der Waals surface area (Å²) >= 11 is 1.86. The van der Waals surface area contributed by atoms with E-state index < -0.39 is 0 Å². The number of unbranched alkanes of at least 4 members (excludes halogenated alkanes) is 1. The molecule has 0 amide bonds. The second-order valence-electron chi connectivity index (χ2n) is 3.36. The lowest BCUT2D eigenvalue weighted by Gasteiger charge is -2.00. The molecule has 1 heterocycles. The molecule has 1 rings (SSSR count). The van der Waals surface area contributed by atoms with Crippen LogP contribution in [-0.4, -0.2) is 28.8 Å². The quantitative estimate of drug-likeness (QED) is 0.693. The maximum Gasteiger partial charge on any atom is 0.315 e. The van der Waals surface area contributed by atoms with Crippen molar-refractivity contribution < 1.29 is 4.42 Å². The van der Waals surface area contributed by atoms with Crippen LogP contribution < -0.4 is 11.1 Å². The zero-order chi connectivity index (χ0) is 11.1. The van der Waals surface area contributed by atoms with E-state index in [1.54, 1.807) is 0 Å². The number of hydrogen-bond donors (Lipinski definition) is 2. The predicted molar refractivity (Wildman–Crippen MR) is 63.0 cm³/mol. The Morgan fingerprint density at radius 3 is 2.87 bits per heavy atom. The Bertz CT molecular complexity index is 277. The van der Waals surface area contributed by atoms with Crippen LogP contribution >= 0.6 is 11.8 Å². The maximum atomic E-state index is 5.59.